The van der Waals surface area contributed by atoms with E-state index < -0.39 is 0 Å². The lowest BCUT2D eigenvalue weighted by Gasteiger charge is -2.38. The van der Waals surface area contributed by atoms with Crippen molar-refractivity contribution >= 4 is 5.91 Å². The van der Waals surface area contributed by atoms with Crippen LogP contribution in [0.15, 0.2) is 36.5 Å². The Morgan fingerprint density at radius 1 is 1.19 bits per heavy atom. The summed E-state index contributed by atoms with van der Waals surface area (Å²) in [5.74, 6) is -0.283. The number of primary amides is 1. The van der Waals surface area contributed by atoms with Gasteiger partial charge in [-0.3, -0.25) is 19.7 Å². The smallest absolute Gasteiger partial charge is 0.239 e. The lowest BCUT2D eigenvalue weighted by molar-refractivity contribution is -0.124. The maximum atomic E-state index is 12.0. The minimum atomic E-state index is -0.350. The van der Waals surface area contributed by atoms with Crippen LogP contribution in [0.1, 0.15) is 43.6 Å². The summed E-state index contributed by atoms with van der Waals surface area (Å²) >= 11 is 0. The number of nitrogens with one attached hydrogen (secondary N) is 1. The van der Waals surface area contributed by atoms with Crippen molar-refractivity contribution in [3.05, 3.63) is 53.3 Å². The summed E-state index contributed by atoms with van der Waals surface area (Å²) in [4.78, 5) is 16.7. The molecule has 1 fully saturated rings. The number of amides is 1. The second kappa shape index (κ2) is 7.60. The van der Waals surface area contributed by atoms with Gasteiger partial charge < -0.3 is 5.73 Å². The van der Waals surface area contributed by atoms with Crippen LogP contribution in [0.25, 0.3) is 0 Å². The average Bonchev–Trinajstić information content (AvgIpc) is 3.06. The first-order valence-electron chi connectivity index (χ1n) is 9.19. The van der Waals surface area contributed by atoms with Gasteiger partial charge in [0, 0.05) is 49.4 Å². The summed E-state index contributed by atoms with van der Waals surface area (Å²) in [6.07, 6.45) is 1.93. The van der Waals surface area contributed by atoms with Crippen LogP contribution in [0.4, 0.5) is 0 Å². The van der Waals surface area contributed by atoms with E-state index in [0.717, 1.165) is 38.3 Å². The van der Waals surface area contributed by atoms with E-state index in [2.05, 4.69) is 40.8 Å². The quantitative estimate of drug-likeness (QED) is 0.860. The van der Waals surface area contributed by atoms with Crippen LogP contribution in [0.3, 0.4) is 0 Å². The third kappa shape index (κ3) is 4.14. The summed E-state index contributed by atoms with van der Waals surface area (Å²) < 4.78 is 0. The number of aromatic nitrogens is 2. The molecule has 26 heavy (non-hydrogen) atoms. The van der Waals surface area contributed by atoms with Crippen molar-refractivity contribution in [1.29, 1.82) is 0 Å². The molecule has 3 N–H and O–H groups in total. The predicted molar refractivity (Wildman–Crippen MR) is 103 cm³/mol. The van der Waals surface area contributed by atoms with Crippen molar-refractivity contribution in [3.63, 3.8) is 0 Å². The van der Waals surface area contributed by atoms with E-state index >= 15 is 0 Å². The van der Waals surface area contributed by atoms with Crippen molar-refractivity contribution in [2.24, 2.45) is 5.73 Å². The molecule has 0 bridgehead atoms. The molecule has 1 unspecified atom stereocenters. The lowest BCUT2D eigenvalue weighted by atomic mass is 9.89. The first kappa shape index (κ1) is 18.6. The Morgan fingerprint density at radius 2 is 1.85 bits per heavy atom. The summed E-state index contributed by atoms with van der Waals surface area (Å²) in [7, 11) is 0. The number of nitrogens with two attached hydrogens (primary N) is 1. The van der Waals surface area contributed by atoms with Crippen LogP contribution >= 0.6 is 0 Å². The Balaban J connectivity index is 1.64. The molecule has 0 spiro atoms. The van der Waals surface area contributed by atoms with Crippen LogP contribution in [-0.4, -0.2) is 52.1 Å². The summed E-state index contributed by atoms with van der Waals surface area (Å²) in [6.45, 7) is 10.9. The fraction of sp³-hybridized carbons (Fsp3) is 0.500. The minimum absolute atomic E-state index is 0.0536. The number of aromatic amines is 1. The number of nitrogens with zero attached hydrogens (tertiary/aromatic N) is 3. The van der Waals surface area contributed by atoms with Crippen molar-refractivity contribution in [1.82, 2.24) is 20.0 Å². The molecule has 6 nitrogen and oxygen atoms in total. The zero-order chi connectivity index (χ0) is 18.7. The van der Waals surface area contributed by atoms with Gasteiger partial charge in [-0.25, -0.2) is 0 Å². The molecule has 0 aliphatic carbocycles. The highest BCUT2D eigenvalue weighted by molar-refractivity contribution is 5.81. The van der Waals surface area contributed by atoms with Gasteiger partial charge in [0.15, 0.2) is 0 Å². The molecule has 2 heterocycles. The van der Waals surface area contributed by atoms with Crippen molar-refractivity contribution < 1.29 is 4.79 Å². The molecule has 1 amide bonds. The molecule has 1 aliphatic heterocycles. The van der Waals surface area contributed by atoms with E-state index in [1.807, 2.05) is 36.5 Å². The van der Waals surface area contributed by atoms with E-state index in [1.165, 1.54) is 11.3 Å². The fourth-order valence-electron chi connectivity index (χ4n) is 3.69. The summed E-state index contributed by atoms with van der Waals surface area (Å²) in [6, 6.07) is 9.46. The van der Waals surface area contributed by atoms with Gasteiger partial charge in [-0.05, 0) is 5.56 Å². The maximum absolute atomic E-state index is 12.0. The molecule has 140 valence electrons. The summed E-state index contributed by atoms with van der Waals surface area (Å²) in [5, 5.41) is 7.39. The molecule has 1 atom stereocenters. The molecule has 1 saturated heterocycles. The Bertz CT molecular complexity index is 726. The van der Waals surface area contributed by atoms with Crippen LogP contribution in [0.5, 0.6) is 0 Å². The van der Waals surface area contributed by atoms with E-state index in [9.17, 15) is 4.79 Å². The highest BCUT2D eigenvalue weighted by Gasteiger charge is 2.29. The van der Waals surface area contributed by atoms with Crippen LogP contribution in [-0.2, 0) is 16.8 Å². The van der Waals surface area contributed by atoms with Gasteiger partial charge in [-0.1, -0.05) is 51.1 Å². The third-order valence-corrected chi connectivity index (χ3v) is 5.02. The molecular weight excluding hydrogens is 326 g/mol. The van der Waals surface area contributed by atoms with E-state index in [0.29, 0.717) is 0 Å². The second-order valence-electron chi connectivity index (χ2n) is 8.05. The van der Waals surface area contributed by atoms with E-state index in [4.69, 9.17) is 5.73 Å². The van der Waals surface area contributed by atoms with Gasteiger partial charge in [0.05, 0.1) is 6.20 Å². The Hall–Kier alpha value is -2.18. The molecule has 2 aromatic rings. The van der Waals surface area contributed by atoms with Gasteiger partial charge in [0.2, 0.25) is 5.91 Å². The molecule has 1 aliphatic rings. The number of hydrogen-bond donors (Lipinski definition) is 2. The fourth-order valence-corrected chi connectivity index (χ4v) is 3.69. The van der Waals surface area contributed by atoms with Crippen LogP contribution in [0.2, 0.25) is 0 Å². The normalized spacial score (nSPS) is 18.0. The minimum Gasteiger partial charge on any atom is -0.368 e. The summed E-state index contributed by atoms with van der Waals surface area (Å²) in [5.41, 5.74) is 9.17. The first-order chi connectivity index (χ1) is 12.4. The number of rotatable bonds is 5. The Morgan fingerprint density at radius 3 is 2.42 bits per heavy atom. The maximum Gasteiger partial charge on any atom is 0.239 e. The zero-order valence-electron chi connectivity index (χ0n) is 15.9. The van der Waals surface area contributed by atoms with E-state index in [-0.39, 0.29) is 17.4 Å². The molecule has 6 heteroatoms. The second-order valence-corrected chi connectivity index (χ2v) is 8.05. The van der Waals surface area contributed by atoms with Crippen molar-refractivity contribution in [3.8, 4) is 0 Å². The van der Waals surface area contributed by atoms with Crippen molar-refractivity contribution in [2.45, 2.75) is 38.8 Å². The Labute approximate surface area is 155 Å². The number of H-pyrrole nitrogens is 1. The Kier molecular flexibility index (Phi) is 5.44. The lowest BCUT2D eigenvalue weighted by Crippen LogP contribution is -2.50. The van der Waals surface area contributed by atoms with Crippen molar-refractivity contribution in [2.75, 3.05) is 26.2 Å². The van der Waals surface area contributed by atoms with Crippen LogP contribution < -0.4 is 5.73 Å². The highest BCUT2D eigenvalue weighted by atomic mass is 16.1. The average molecular weight is 355 g/mol. The number of piperazine rings is 1. The first-order valence-corrected chi connectivity index (χ1v) is 9.19. The monoisotopic (exact) mass is 355 g/mol. The van der Waals surface area contributed by atoms with Gasteiger partial charge in [-0.15, -0.1) is 0 Å². The molecular formula is C20H29N5O. The predicted octanol–water partition coefficient (Wildman–Crippen LogP) is 2.05. The van der Waals surface area contributed by atoms with E-state index in [1.54, 1.807) is 0 Å². The number of benzene rings is 1. The van der Waals surface area contributed by atoms with Crippen LogP contribution in [0, 0.1) is 0 Å². The standard InChI is InChI=1S/C20H29N5O/c1-20(2,3)18-16(13-22-23-18)14-24-9-11-25(12-10-24)17(19(21)26)15-7-5-4-6-8-15/h4-8,13,17H,9-12,14H2,1-3H3,(H2,21,26)(H,22,23). The van der Waals surface area contributed by atoms with Gasteiger partial charge in [-0.2, -0.15) is 5.10 Å². The highest BCUT2D eigenvalue weighted by Crippen LogP contribution is 2.26. The topological polar surface area (TPSA) is 78.2 Å². The third-order valence-electron chi connectivity index (χ3n) is 5.02. The number of carbonyl (C=O) groups excluding carboxylic acids is 1. The molecule has 1 aromatic heterocycles. The molecule has 0 saturated carbocycles. The molecule has 3 rings (SSSR count). The molecule has 1 aromatic carbocycles. The zero-order valence-corrected chi connectivity index (χ0v) is 15.9. The number of hydrogen-bond acceptors (Lipinski definition) is 4. The number of carbonyl (C=O) groups is 1. The van der Waals surface area contributed by atoms with Gasteiger partial charge in [0.25, 0.3) is 0 Å². The van der Waals surface area contributed by atoms with Gasteiger partial charge >= 0.3 is 0 Å². The van der Waals surface area contributed by atoms with Gasteiger partial charge in [0.1, 0.15) is 6.04 Å². The largest absolute Gasteiger partial charge is 0.368 e. The SMILES string of the molecule is CC(C)(C)c1[nH]ncc1CN1CCN(C(C(N)=O)c2ccccc2)CC1. The molecule has 0 radical (unpaired) electrons.